The van der Waals surface area contributed by atoms with Crippen molar-refractivity contribution in [1.82, 2.24) is 41.3 Å². The Morgan fingerprint density at radius 3 is 2.26 bits per heavy atom. The molecule has 2 aliphatic heterocycles. The largest absolute Gasteiger partial charge is 0.444 e. The van der Waals surface area contributed by atoms with Crippen LogP contribution >= 0.6 is 23.5 Å². The van der Waals surface area contributed by atoms with Gasteiger partial charge in [-0.3, -0.25) is 29.1 Å². The molecule has 5 amide bonds. The molecule has 2 saturated heterocycles. The molecule has 15 nitrogen and oxygen atoms in total. The van der Waals surface area contributed by atoms with Crippen LogP contribution in [0.4, 0.5) is 4.79 Å². The molecular formula is C36H52N8O7S2. The van der Waals surface area contributed by atoms with E-state index in [9.17, 15) is 28.8 Å². The number of thioether (sulfide) groups is 2. The molecule has 4 rings (SSSR count). The first kappa shape index (κ1) is 41.6. The summed E-state index contributed by atoms with van der Waals surface area (Å²) < 4.78 is 5.02. The van der Waals surface area contributed by atoms with Gasteiger partial charge in [-0.25, -0.2) is 9.78 Å². The maximum Gasteiger partial charge on any atom is 0.408 e. The number of aromatic nitrogens is 3. The van der Waals surface area contributed by atoms with E-state index in [4.69, 9.17) is 4.74 Å². The predicted molar refractivity (Wildman–Crippen MR) is 203 cm³/mol. The highest BCUT2D eigenvalue weighted by atomic mass is 32.2. The standard InChI is InChI=1S/C36H52N8O7S2/c1-8-13-23(27(46)31(48)37-19-25(45)41-26(29-38-21-39-43-29)22-14-10-9-11-15-22)40-30(47)24-18-36(52-16-12-17-53-36)20-44(24)32(49)28(34(2,3)4)42-33(50)51-35(5,6)7/h9-11,14-15,21,23-24,26,28H,8,12-13,16-20H2,1-7H3,(H,37,48)(H,40,47)(H,41,45)(H,42,50)(H,38,39,43)/t23?,24-,26?,28+/m0/s1. The van der Waals surface area contributed by atoms with E-state index in [2.05, 4.69) is 36.4 Å². The van der Waals surface area contributed by atoms with Crippen LogP contribution in [0.25, 0.3) is 0 Å². The normalized spacial score (nSPS) is 18.7. The fraction of sp³-hybridized carbons (Fsp3) is 0.611. The number of nitrogens with zero attached hydrogens (tertiary/aromatic N) is 3. The number of ketones is 1. The number of benzene rings is 1. The van der Waals surface area contributed by atoms with Crippen LogP contribution in [-0.4, -0.2) is 108 Å². The van der Waals surface area contributed by atoms with Crippen molar-refractivity contribution in [2.75, 3.05) is 24.6 Å². The van der Waals surface area contributed by atoms with Crippen molar-refractivity contribution in [2.24, 2.45) is 5.41 Å². The Balaban J connectivity index is 1.47. The van der Waals surface area contributed by atoms with Crippen molar-refractivity contribution in [3.63, 3.8) is 0 Å². The number of hydrogen-bond acceptors (Lipinski definition) is 11. The van der Waals surface area contributed by atoms with Crippen LogP contribution in [0, 0.1) is 5.41 Å². The quantitative estimate of drug-likeness (QED) is 0.187. The predicted octanol–water partition coefficient (Wildman–Crippen LogP) is 3.09. The SMILES string of the molecule is CCCC(NC(=O)[C@@H]1CC2(CN1C(=O)[C@@H](NC(=O)OC(C)(C)C)C(C)(C)C)SCCCS2)C(=O)C(=O)NCC(=O)NC(c1ccccc1)c1ncn[nH]1. The van der Waals surface area contributed by atoms with Gasteiger partial charge in [0.2, 0.25) is 23.5 Å². The topological polar surface area (TPSA) is 205 Å². The molecule has 2 aromatic rings. The molecule has 0 bridgehead atoms. The fourth-order valence-electron chi connectivity index (χ4n) is 6.12. The number of ether oxygens (including phenoxy) is 1. The van der Waals surface area contributed by atoms with E-state index in [1.807, 2.05) is 45.9 Å². The van der Waals surface area contributed by atoms with Crippen LogP contribution in [0.5, 0.6) is 0 Å². The van der Waals surface area contributed by atoms with Crippen molar-refractivity contribution < 1.29 is 33.5 Å². The number of carbonyl (C=O) groups is 6. The Bertz CT molecular complexity index is 1610. The third-order valence-electron chi connectivity index (χ3n) is 8.66. The number of aromatic amines is 1. The van der Waals surface area contributed by atoms with Gasteiger partial charge in [0, 0.05) is 13.0 Å². The Hall–Kier alpha value is -4.12. The zero-order chi connectivity index (χ0) is 39.0. The molecule has 2 aliphatic rings. The lowest BCUT2D eigenvalue weighted by Gasteiger charge is -2.36. The first-order valence-electron chi connectivity index (χ1n) is 17.8. The summed E-state index contributed by atoms with van der Waals surface area (Å²) in [5.41, 5.74) is -0.797. The number of amides is 5. The Kier molecular flexibility index (Phi) is 14.0. The molecule has 1 aromatic heterocycles. The van der Waals surface area contributed by atoms with E-state index in [-0.39, 0.29) is 13.0 Å². The van der Waals surface area contributed by atoms with E-state index in [1.165, 1.54) is 11.2 Å². The second-order valence-electron chi connectivity index (χ2n) is 15.3. The summed E-state index contributed by atoms with van der Waals surface area (Å²) in [4.78, 5) is 86.6. The molecule has 1 spiro atoms. The van der Waals surface area contributed by atoms with Crippen molar-refractivity contribution >= 4 is 59.0 Å². The molecule has 290 valence electrons. The zero-order valence-electron chi connectivity index (χ0n) is 31.4. The van der Waals surface area contributed by atoms with E-state index >= 15 is 0 Å². The van der Waals surface area contributed by atoms with Crippen molar-refractivity contribution in [1.29, 1.82) is 0 Å². The van der Waals surface area contributed by atoms with Crippen LogP contribution in [0.2, 0.25) is 0 Å². The molecular weight excluding hydrogens is 721 g/mol. The van der Waals surface area contributed by atoms with Crippen molar-refractivity contribution in [3.8, 4) is 0 Å². The summed E-state index contributed by atoms with van der Waals surface area (Å²) in [6.07, 6.45) is 2.53. The lowest BCUT2D eigenvalue weighted by Crippen LogP contribution is -2.59. The molecule has 1 aromatic carbocycles. The van der Waals surface area contributed by atoms with Crippen LogP contribution in [-0.2, 0) is 28.7 Å². The smallest absolute Gasteiger partial charge is 0.408 e. The van der Waals surface area contributed by atoms with E-state index in [0.717, 1.165) is 23.5 Å². The molecule has 17 heteroatoms. The molecule has 4 atom stereocenters. The first-order chi connectivity index (χ1) is 24.9. The van der Waals surface area contributed by atoms with Gasteiger partial charge in [-0.15, -0.1) is 23.5 Å². The summed E-state index contributed by atoms with van der Waals surface area (Å²) in [7, 11) is 0. The average molecular weight is 773 g/mol. The minimum absolute atomic E-state index is 0.159. The van der Waals surface area contributed by atoms with Gasteiger partial charge in [0.25, 0.3) is 5.91 Å². The lowest BCUT2D eigenvalue weighted by molar-refractivity contribution is -0.144. The third-order valence-corrected chi connectivity index (χ3v) is 12.0. The number of rotatable bonds is 13. The Morgan fingerprint density at radius 2 is 1.68 bits per heavy atom. The number of alkyl carbamates (subject to hydrolysis) is 1. The molecule has 2 unspecified atom stereocenters. The summed E-state index contributed by atoms with van der Waals surface area (Å²) in [5.74, 6) is -1.38. The van der Waals surface area contributed by atoms with E-state index < -0.39 is 81.3 Å². The van der Waals surface area contributed by atoms with E-state index in [0.29, 0.717) is 18.7 Å². The summed E-state index contributed by atoms with van der Waals surface area (Å²) >= 11 is 3.41. The molecule has 3 heterocycles. The van der Waals surface area contributed by atoms with Crippen molar-refractivity contribution in [2.45, 2.75) is 108 Å². The number of H-pyrrole nitrogens is 1. The van der Waals surface area contributed by atoms with Gasteiger partial charge in [-0.1, -0.05) is 64.4 Å². The highest BCUT2D eigenvalue weighted by Gasteiger charge is 2.53. The Morgan fingerprint density at radius 1 is 1.00 bits per heavy atom. The van der Waals surface area contributed by atoms with Gasteiger partial charge in [0.15, 0.2) is 5.82 Å². The van der Waals surface area contributed by atoms with Crippen molar-refractivity contribution in [3.05, 3.63) is 48.0 Å². The van der Waals surface area contributed by atoms with Gasteiger partial charge in [-0.05, 0) is 56.1 Å². The zero-order valence-corrected chi connectivity index (χ0v) is 33.1. The molecule has 0 saturated carbocycles. The van der Waals surface area contributed by atoms with Crippen LogP contribution in [0.3, 0.4) is 0 Å². The minimum atomic E-state index is -1.19. The fourth-order valence-corrected chi connectivity index (χ4v) is 9.47. The average Bonchev–Trinajstić information content (AvgIpc) is 3.76. The highest BCUT2D eigenvalue weighted by Crippen LogP contribution is 2.50. The summed E-state index contributed by atoms with van der Waals surface area (Å²) in [5, 5.41) is 17.3. The van der Waals surface area contributed by atoms with Crippen LogP contribution in [0.15, 0.2) is 36.7 Å². The van der Waals surface area contributed by atoms with Gasteiger partial charge >= 0.3 is 6.09 Å². The first-order valence-corrected chi connectivity index (χ1v) is 19.8. The molecule has 0 aliphatic carbocycles. The van der Waals surface area contributed by atoms with Gasteiger partial charge < -0.3 is 30.9 Å². The maximum atomic E-state index is 14.4. The van der Waals surface area contributed by atoms with E-state index in [1.54, 1.807) is 56.4 Å². The van der Waals surface area contributed by atoms with Gasteiger partial charge in [-0.2, -0.15) is 5.10 Å². The van der Waals surface area contributed by atoms with Gasteiger partial charge in [0.05, 0.1) is 16.7 Å². The molecule has 53 heavy (non-hydrogen) atoms. The number of Topliss-reactive ketones (excluding diaryl/α,β-unsaturated/α-hetero) is 1. The second-order valence-corrected chi connectivity index (χ2v) is 18.5. The highest BCUT2D eigenvalue weighted by molar-refractivity contribution is 8.18. The number of hydrogen-bond donors (Lipinski definition) is 5. The number of carbonyl (C=O) groups excluding carboxylic acids is 6. The third kappa shape index (κ3) is 11.4. The van der Waals surface area contributed by atoms with Gasteiger partial charge in [0.1, 0.15) is 30.1 Å². The second kappa shape index (κ2) is 17.8. The maximum absolute atomic E-state index is 14.4. The lowest BCUT2D eigenvalue weighted by atomic mass is 9.85. The molecule has 2 fully saturated rings. The Labute approximate surface area is 319 Å². The summed E-state index contributed by atoms with van der Waals surface area (Å²) in [6.45, 7) is 12.2. The number of nitrogens with one attached hydrogen (secondary N) is 5. The van der Waals surface area contributed by atoms with Crippen LogP contribution in [0.1, 0.15) is 91.6 Å². The molecule has 5 N–H and O–H groups in total. The molecule has 0 radical (unpaired) electrons. The minimum Gasteiger partial charge on any atom is -0.444 e. The van der Waals surface area contributed by atoms with Crippen LogP contribution < -0.4 is 21.3 Å². The number of likely N-dealkylation sites (tertiary alicyclic amines) is 1. The monoisotopic (exact) mass is 772 g/mol. The summed E-state index contributed by atoms with van der Waals surface area (Å²) in [6, 6.07) is 5.22.